The third kappa shape index (κ3) is 4.38. The lowest BCUT2D eigenvalue weighted by atomic mass is 9.91. The van der Waals surface area contributed by atoms with Crippen molar-refractivity contribution in [2.24, 2.45) is 11.7 Å². The number of amides is 1. The van der Waals surface area contributed by atoms with E-state index in [4.69, 9.17) is 5.73 Å². The summed E-state index contributed by atoms with van der Waals surface area (Å²) in [5, 5.41) is 4.00. The fourth-order valence-corrected chi connectivity index (χ4v) is 4.29. The number of carbonyl (C=O) groups excluding carboxylic acids is 1. The highest BCUT2D eigenvalue weighted by atomic mass is 32.2. The van der Waals surface area contributed by atoms with Crippen LogP contribution in [0.5, 0.6) is 0 Å². The molecule has 4 unspecified atom stereocenters. The molecule has 2 aliphatic rings. The van der Waals surface area contributed by atoms with Gasteiger partial charge in [0.05, 0.1) is 5.92 Å². The van der Waals surface area contributed by atoms with E-state index in [2.05, 4.69) is 11.6 Å². The maximum atomic E-state index is 12.4. The summed E-state index contributed by atoms with van der Waals surface area (Å²) < 4.78 is 0. The van der Waals surface area contributed by atoms with Gasteiger partial charge in [-0.2, -0.15) is 11.8 Å². The van der Waals surface area contributed by atoms with Gasteiger partial charge < -0.3 is 11.1 Å². The fraction of sp³-hybridized carbons (Fsp3) is 0.933. The van der Waals surface area contributed by atoms with Crippen LogP contribution in [0.3, 0.4) is 0 Å². The molecule has 2 rings (SSSR count). The van der Waals surface area contributed by atoms with E-state index >= 15 is 0 Å². The van der Waals surface area contributed by atoms with E-state index in [1.807, 2.05) is 11.8 Å². The van der Waals surface area contributed by atoms with Crippen LogP contribution < -0.4 is 11.1 Å². The molecule has 0 radical (unpaired) electrons. The smallest absolute Gasteiger partial charge is 0.224 e. The number of hydrogen-bond acceptors (Lipinski definition) is 3. The highest BCUT2D eigenvalue weighted by Crippen LogP contribution is 2.28. The first kappa shape index (κ1) is 15.2. The Morgan fingerprint density at radius 1 is 1.11 bits per heavy atom. The van der Waals surface area contributed by atoms with Crippen molar-refractivity contribution in [2.45, 2.75) is 75.1 Å². The topological polar surface area (TPSA) is 55.1 Å². The highest BCUT2D eigenvalue weighted by Gasteiger charge is 2.30. The minimum Gasteiger partial charge on any atom is -0.353 e. The molecule has 19 heavy (non-hydrogen) atoms. The average Bonchev–Trinajstić information content (AvgIpc) is 2.63. The van der Waals surface area contributed by atoms with Gasteiger partial charge in [-0.3, -0.25) is 4.79 Å². The molecule has 0 spiro atoms. The Labute approximate surface area is 121 Å². The van der Waals surface area contributed by atoms with Gasteiger partial charge in [-0.15, -0.1) is 0 Å². The minimum atomic E-state index is 0.0529. The summed E-state index contributed by atoms with van der Waals surface area (Å²) in [5.74, 6) is 0.276. The number of carbonyl (C=O) groups is 1. The van der Waals surface area contributed by atoms with Crippen molar-refractivity contribution >= 4 is 17.7 Å². The SMILES string of the molecule is CSC1CCCC(NC(=O)C2CCCCCC2N)C1. The van der Waals surface area contributed by atoms with Gasteiger partial charge in [0.2, 0.25) is 5.91 Å². The summed E-state index contributed by atoms with van der Waals surface area (Å²) in [4.78, 5) is 12.4. The second-order valence-electron chi connectivity index (χ2n) is 6.14. The van der Waals surface area contributed by atoms with Crippen LogP contribution in [-0.2, 0) is 4.79 Å². The number of hydrogen-bond donors (Lipinski definition) is 2. The fourth-order valence-electron chi connectivity index (χ4n) is 3.46. The first-order valence-corrected chi connectivity index (χ1v) is 9.08. The molecule has 4 atom stereocenters. The second kappa shape index (κ2) is 7.53. The summed E-state index contributed by atoms with van der Waals surface area (Å²) in [6.45, 7) is 0. The minimum absolute atomic E-state index is 0.0529. The zero-order valence-corrected chi connectivity index (χ0v) is 12.9. The summed E-state index contributed by atoms with van der Waals surface area (Å²) in [6.07, 6.45) is 12.6. The molecule has 110 valence electrons. The lowest BCUT2D eigenvalue weighted by Gasteiger charge is -2.30. The van der Waals surface area contributed by atoms with Crippen LogP contribution in [0.25, 0.3) is 0 Å². The standard InChI is InChI=1S/C15H28N2OS/c1-19-12-7-5-6-11(10-12)17-15(18)13-8-3-2-4-9-14(13)16/h11-14H,2-10,16H2,1H3,(H,17,18). The van der Waals surface area contributed by atoms with Crippen LogP contribution in [0.2, 0.25) is 0 Å². The van der Waals surface area contributed by atoms with Crippen LogP contribution in [0.1, 0.15) is 57.8 Å². The Morgan fingerprint density at radius 3 is 2.68 bits per heavy atom. The number of rotatable bonds is 3. The first-order valence-electron chi connectivity index (χ1n) is 7.79. The van der Waals surface area contributed by atoms with E-state index in [0.29, 0.717) is 6.04 Å². The van der Waals surface area contributed by atoms with Gasteiger partial charge in [-0.25, -0.2) is 0 Å². The van der Waals surface area contributed by atoms with E-state index in [0.717, 1.165) is 37.4 Å². The van der Waals surface area contributed by atoms with Gasteiger partial charge in [-0.1, -0.05) is 25.7 Å². The van der Waals surface area contributed by atoms with Crippen LogP contribution in [-0.4, -0.2) is 29.5 Å². The summed E-state index contributed by atoms with van der Waals surface area (Å²) in [5.41, 5.74) is 6.17. The Kier molecular flexibility index (Phi) is 6.02. The predicted octanol–water partition coefficient (Wildman–Crippen LogP) is 2.68. The maximum absolute atomic E-state index is 12.4. The van der Waals surface area contributed by atoms with Crippen molar-refractivity contribution < 1.29 is 4.79 Å². The Morgan fingerprint density at radius 2 is 1.89 bits per heavy atom. The normalized spacial score (nSPS) is 36.5. The molecule has 0 saturated heterocycles. The molecule has 3 nitrogen and oxygen atoms in total. The van der Waals surface area contributed by atoms with Crippen molar-refractivity contribution in [3.8, 4) is 0 Å². The van der Waals surface area contributed by atoms with Gasteiger partial charge in [0.1, 0.15) is 0 Å². The molecule has 0 aliphatic heterocycles. The van der Waals surface area contributed by atoms with Gasteiger partial charge in [0.15, 0.2) is 0 Å². The molecule has 2 saturated carbocycles. The second-order valence-corrected chi connectivity index (χ2v) is 7.28. The Hall–Kier alpha value is -0.220. The third-order valence-corrected chi connectivity index (χ3v) is 5.81. The Bertz CT molecular complexity index is 298. The molecular formula is C15H28N2OS. The third-order valence-electron chi connectivity index (χ3n) is 4.71. The maximum Gasteiger partial charge on any atom is 0.224 e. The predicted molar refractivity (Wildman–Crippen MR) is 82.3 cm³/mol. The van der Waals surface area contributed by atoms with Gasteiger partial charge in [-0.05, 0) is 38.4 Å². The van der Waals surface area contributed by atoms with E-state index < -0.39 is 0 Å². The van der Waals surface area contributed by atoms with Crippen molar-refractivity contribution in [3.05, 3.63) is 0 Å². The molecule has 2 fully saturated rings. The molecule has 4 heteroatoms. The molecular weight excluding hydrogens is 256 g/mol. The molecule has 0 aromatic rings. The largest absolute Gasteiger partial charge is 0.353 e. The monoisotopic (exact) mass is 284 g/mol. The van der Waals surface area contributed by atoms with E-state index in [9.17, 15) is 4.79 Å². The van der Waals surface area contributed by atoms with Crippen molar-refractivity contribution in [1.29, 1.82) is 0 Å². The zero-order chi connectivity index (χ0) is 13.7. The molecule has 0 bridgehead atoms. The van der Waals surface area contributed by atoms with E-state index in [-0.39, 0.29) is 17.9 Å². The Balaban J connectivity index is 1.85. The lowest BCUT2D eigenvalue weighted by Crippen LogP contribution is -2.46. The van der Waals surface area contributed by atoms with Crippen LogP contribution >= 0.6 is 11.8 Å². The lowest BCUT2D eigenvalue weighted by molar-refractivity contribution is -0.126. The number of nitrogens with two attached hydrogens (primary N) is 1. The molecule has 1 amide bonds. The van der Waals surface area contributed by atoms with Crippen molar-refractivity contribution in [1.82, 2.24) is 5.32 Å². The van der Waals surface area contributed by atoms with Crippen molar-refractivity contribution in [3.63, 3.8) is 0 Å². The van der Waals surface area contributed by atoms with Crippen LogP contribution in [0.15, 0.2) is 0 Å². The molecule has 2 aliphatic carbocycles. The first-order chi connectivity index (χ1) is 9.20. The number of thioether (sulfide) groups is 1. The van der Waals surface area contributed by atoms with Crippen LogP contribution in [0.4, 0.5) is 0 Å². The molecule has 3 N–H and O–H groups in total. The average molecular weight is 284 g/mol. The van der Waals surface area contributed by atoms with Crippen molar-refractivity contribution in [2.75, 3.05) is 6.26 Å². The summed E-state index contributed by atoms with van der Waals surface area (Å²) >= 11 is 1.94. The van der Waals surface area contributed by atoms with Crippen LogP contribution in [0, 0.1) is 5.92 Å². The quantitative estimate of drug-likeness (QED) is 0.783. The highest BCUT2D eigenvalue weighted by molar-refractivity contribution is 7.99. The van der Waals surface area contributed by atoms with Gasteiger partial charge >= 0.3 is 0 Å². The summed E-state index contributed by atoms with van der Waals surface area (Å²) in [6, 6.07) is 0.455. The van der Waals surface area contributed by atoms with Gasteiger partial charge in [0.25, 0.3) is 0 Å². The molecule has 0 aromatic heterocycles. The van der Waals surface area contributed by atoms with Gasteiger partial charge in [0, 0.05) is 17.3 Å². The summed E-state index contributed by atoms with van der Waals surface area (Å²) in [7, 11) is 0. The zero-order valence-electron chi connectivity index (χ0n) is 12.1. The number of nitrogens with one attached hydrogen (secondary N) is 1. The van der Waals surface area contributed by atoms with E-state index in [1.165, 1.54) is 25.7 Å². The van der Waals surface area contributed by atoms with E-state index in [1.54, 1.807) is 0 Å². The molecule has 0 aromatic carbocycles. The molecule has 0 heterocycles.